The molecule has 2 heterocycles. The van der Waals surface area contributed by atoms with Gasteiger partial charge in [0, 0.05) is 50.1 Å². The summed E-state index contributed by atoms with van der Waals surface area (Å²) in [7, 11) is 0. The number of nitrogens with one attached hydrogen (secondary N) is 1. The van der Waals surface area contributed by atoms with Gasteiger partial charge in [-0.2, -0.15) is 11.8 Å². The van der Waals surface area contributed by atoms with E-state index in [4.69, 9.17) is 0 Å². The molecular weight excluding hydrogens is 330 g/mol. The van der Waals surface area contributed by atoms with Crippen molar-refractivity contribution >= 4 is 17.7 Å². The van der Waals surface area contributed by atoms with Crippen LogP contribution in [0.2, 0.25) is 0 Å². The van der Waals surface area contributed by atoms with E-state index >= 15 is 0 Å². The third-order valence-electron chi connectivity index (χ3n) is 5.38. The second-order valence-corrected chi connectivity index (χ2v) is 8.46. The van der Waals surface area contributed by atoms with Crippen LogP contribution >= 0.6 is 11.8 Å². The van der Waals surface area contributed by atoms with E-state index < -0.39 is 0 Å². The second-order valence-electron chi connectivity index (χ2n) is 7.23. The quantitative estimate of drug-likeness (QED) is 0.845. The van der Waals surface area contributed by atoms with Crippen LogP contribution in [0.5, 0.6) is 0 Å². The Labute approximate surface area is 156 Å². The average Bonchev–Trinajstić information content (AvgIpc) is 2.67. The predicted octanol–water partition coefficient (Wildman–Crippen LogP) is 2.51. The molecule has 5 heteroatoms. The van der Waals surface area contributed by atoms with Crippen molar-refractivity contribution in [3.8, 4) is 0 Å². The minimum Gasteiger partial charge on any atom is -0.352 e. The molecule has 2 saturated heterocycles. The van der Waals surface area contributed by atoms with Gasteiger partial charge in [0.05, 0.1) is 0 Å². The predicted molar refractivity (Wildman–Crippen MR) is 106 cm³/mol. The first kappa shape index (κ1) is 18.7. The lowest BCUT2D eigenvalue weighted by Crippen LogP contribution is -2.48. The molecule has 0 spiro atoms. The fourth-order valence-electron chi connectivity index (χ4n) is 3.71. The first-order valence-electron chi connectivity index (χ1n) is 9.57. The summed E-state index contributed by atoms with van der Waals surface area (Å²) in [5, 5.41) is 3.04. The van der Waals surface area contributed by atoms with Crippen molar-refractivity contribution < 1.29 is 4.79 Å². The average molecular weight is 362 g/mol. The van der Waals surface area contributed by atoms with Gasteiger partial charge in [0.15, 0.2) is 0 Å². The largest absolute Gasteiger partial charge is 0.352 e. The topological polar surface area (TPSA) is 35.6 Å². The Morgan fingerprint density at radius 1 is 1.12 bits per heavy atom. The summed E-state index contributed by atoms with van der Waals surface area (Å²) in [5.41, 5.74) is 2.42. The lowest BCUT2D eigenvalue weighted by Gasteiger charge is -2.40. The monoisotopic (exact) mass is 361 g/mol. The van der Waals surface area contributed by atoms with Gasteiger partial charge in [0.2, 0.25) is 5.91 Å². The number of benzene rings is 1. The van der Waals surface area contributed by atoms with Gasteiger partial charge in [-0.1, -0.05) is 29.8 Å². The Kier molecular flexibility index (Phi) is 7.20. The number of hydrogen-bond donors (Lipinski definition) is 1. The highest BCUT2D eigenvalue weighted by molar-refractivity contribution is 7.99. The van der Waals surface area contributed by atoms with E-state index in [0.717, 1.165) is 25.7 Å². The number of amides is 1. The van der Waals surface area contributed by atoms with Crippen LogP contribution in [0.1, 0.15) is 30.4 Å². The van der Waals surface area contributed by atoms with E-state index in [1.807, 2.05) is 0 Å². The Morgan fingerprint density at radius 3 is 2.48 bits per heavy atom. The molecule has 0 aliphatic carbocycles. The summed E-state index contributed by atoms with van der Waals surface area (Å²) < 4.78 is 0. The van der Waals surface area contributed by atoms with Crippen molar-refractivity contribution in [2.45, 2.75) is 38.8 Å². The normalized spacial score (nSPS) is 20.5. The number of rotatable bonds is 6. The maximum atomic E-state index is 12.1. The molecule has 0 radical (unpaired) electrons. The number of likely N-dealkylation sites (tertiary alicyclic amines) is 1. The van der Waals surface area contributed by atoms with E-state index in [2.05, 4.69) is 58.1 Å². The van der Waals surface area contributed by atoms with Crippen LogP contribution in [-0.4, -0.2) is 66.0 Å². The van der Waals surface area contributed by atoms with Crippen molar-refractivity contribution in [3.05, 3.63) is 35.4 Å². The minimum atomic E-state index is 0.163. The number of nitrogens with zero attached hydrogens (tertiary/aromatic N) is 2. The molecule has 0 unspecified atom stereocenters. The first-order chi connectivity index (χ1) is 12.2. The van der Waals surface area contributed by atoms with E-state index in [1.165, 1.54) is 48.6 Å². The summed E-state index contributed by atoms with van der Waals surface area (Å²) in [4.78, 5) is 17.2. The highest BCUT2D eigenvalue weighted by Crippen LogP contribution is 2.20. The van der Waals surface area contributed by atoms with E-state index in [9.17, 15) is 4.79 Å². The molecule has 0 atom stereocenters. The summed E-state index contributed by atoms with van der Waals surface area (Å²) in [6.07, 6.45) is 3.13. The highest BCUT2D eigenvalue weighted by atomic mass is 32.2. The van der Waals surface area contributed by atoms with Crippen LogP contribution in [-0.2, 0) is 11.3 Å². The molecule has 1 amide bonds. The van der Waals surface area contributed by atoms with Gasteiger partial charge in [0.25, 0.3) is 0 Å². The Bertz CT molecular complexity index is 534. The van der Waals surface area contributed by atoms with E-state index in [-0.39, 0.29) is 5.91 Å². The van der Waals surface area contributed by atoms with Crippen LogP contribution in [0, 0.1) is 6.92 Å². The molecule has 0 saturated carbocycles. The van der Waals surface area contributed by atoms with E-state index in [1.54, 1.807) is 0 Å². The number of carbonyl (C=O) groups is 1. The maximum absolute atomic E-state index is 12.1. The number of hydrogen-bond acceptors (Lipinski definition) is 4. The third-order valence-corrected chi connectivity index (χ3v) is 6.33. The highest BCUT2D eigenvalue weighted by Gasteiger charge is 2.25. The van der Waals surface area contributed by atoms with Crippen LogP contribution < -0.4 is 5.32 Å². The molecular formula is C20H31N3OS. The summed E-state index contributed by atoms with van der Waals surface area (Å²) in [6, 6.07) is 9.12. The lowest BCUT2D eigenvalue weighted by molar-refractivity contribution is -0.121. The molecule has 138 valence electrons. The zero-order valence-corrected chi connectivity index (χ0v) is 16.2. The van der Waals surface area contributed by atoms with Crippen LogP contribution in [0.4, 0.5) is 0 Å². The number of thioether (sulfide) groups is 1. The van der Waals surface area contributed by atoms with Gasteiger partial charge in [-0.25, -0.2) is 0 Å². The molecule has 4 nitrogen and oxygen atoms in total. The molecule has 0 aromatic heterocycles. The minimum absolute atomic E-state index is 0.163. The molecule has 2 aliphatic rings. The Balaban J connectivity index is 1.31. The van der Waals surface area contributed by atoms with Crippen LogP contribution in [0.25, 0.3) is 0 Å². The van der Waals surface area contributed by atoms with Gasteiger partial charge < -0.3 is 10.2 Å². The fraction of sp³-hybridized carbons (Fsp3) is 0.650. The zero-order chi connectivity index (χ0) is 17.5. The van der Waals surface area contributed by atoms with Gasteiger partial charge in [-0.05, 0) is 38.4 Å². The maximum Gasteiger partial charge on any atom is 0.221 e. The van der Waals surface area contributed by atoms with Gasteiger partial charge in [-0.3, -0.25) is 9.69 Å². The van der Waals surface area contributed by atoms with Crippen LogP contribution in [0.3, 0.4) is 0 Å². The standard InChI is InChI=1S/C20H31N3OS/c1-17-2-4-18(5-3-17)16-21-20(24)8-11-22-9-6-19(7-10-22)23-12-14-25-15-13-23/h2-5,19H,6-16H2,1H3,(H,21,24). The van der Waals surface area contributed by atoms with Crippen molar-refractivity contribution in [1.29, 1.82) is 0 Å². The zero-order valence-electron chi connectivity index (χ0n) is 15.4. The lowest BCUT2D eigenvalue weighted by atomic mass is 10.0. The van der Waals surface area contributed by atoms with Gasteiger partial charge in [-0.15, -0.1) is 0 Å². The molecule has 0 bridgehead atoms. The second kappa shape index (κ2) is 9.60. The van der Waals surface area contributed by atoms with Crippen molar-refractivity contribution in [1.82, 2.24) is 15.1 Å². The molecule has 1 N–H and O–H groups in total. The molecule has 1 aromatic carbocycles. The number of aryl methyl sites for hydroxylation is 1. The number of carbonyl (C=O) groups excluding carboxylic acids is 1. The summed E-state index contributed by atoms with van der Waals surface area (Å²) in [6.45, 7) is 8.40. The van der Waals surface area contributed by atoms with E-state index in [0.29, 0.717) is 13.0 Å². The number of piperidine rings is 1. The first-order valence-corrected chi connectivity index (χ1v) is 10.7. The van der Waals surface area contributed by atoms with Crippen molar-refractivity contribution in [2.75, 3.05) is 44.2 Å². The van der Waals surface area contributed by atoms with Crippen LogP contribution in [0.15, 0.2) is 24.3 Å². The molecule has 25 heavy (non-hydrogen) atoms. The van der Waals surface area contributed by atoms with Gasteiger partial charge >= 0.3 is 0 Å². The SMILES string of the molecule is Cc1ccc(CNC(=O)CCN2CCC(N3CCSCC3)CC2)cc1. The van der Waals surface area contributed by atoms with Gasteiger partial charge in [0.1, 0.15) is 0 Å². The summed E-state index contributed by atoms with van der Waals surface area (Å²) in [5.74, 6) is 2.75. The van der Waals surface area contributed by atoms with Crippen molar-refractivity contribution in [3.63, 3.8) is 0 Å². The molecule has 2 fully saturated rings. The smallest absolute Gasteiger partial charge is 0.221 e. The Hall–Kier alpha value is -1.04. The third kappa shape index (κ3) is 6.01. The molecule has 1 aromatic rings. The van der Waals surface area contributed by atoms with Crippen molar-refractivity contribution in [2.24, 2.45) is 0 Å². The molecule has 3 rings (SSSR count). The molecule has 2 aliphatic heterocycles. The summed E-state index contributed by atoms with van der Waals surface area (Å²) >= 11 is 2.08. The Morgan fingerprint density at radius 2 is 1.80 bits per heavy atom. The fourth-order valence-corrected chi connectivity index (χ4v) is 4.64.